The maximum Gasteiger partial charge on any atom is 0.280 e. The molecule has 2 unspecified atom stereocenters. The molecule has 2 aromatic carbocycles. The minimum Gasteiger partial charge on any atom is -0.392 e. The smallest absolute Gasteiger partial charge is 0.280 e. The van der Waals surface area contributed by atoms with Gasteiger partial charge in [0.05, 0.1) is 19.4 Å². The summed E-state index contributed by atoms with van der Waals surface area (Å²) in [6, 6.07) is 11.0. The van der Waals surface area contributed by atoms with Crippen molar-refractivity contribution in [2.24, 2.45) is 4.99 Å². The van der Waals surface area contributed by atoms with E-state index in [0.717, 1.165) is 5.57 Å². The van der Waals surface area contributed by atoms with Crippen molar-refractivity contribution >= 4 is 23.3 Å². The van der Waals surface area contributed by atoms with Gasteiger partial charge >= 0.3 is 0 Å². The Morgan fingerprint density at radius 2 is 1.93 bits per heavy atom. The Kier molecular flexibility index (Phi) is 6.30. The number of aliphatic imine (C=N–C) groups is 1. The molecule has 2 atom stereocenters. The molecule has 1 heterocycles. The zero-order chi connectivity index (χ0) is 22.1. The second-order valence-corrected chi connectivity index (χ2v) is 9.34. The highest BCUT2D eigenvalue weighted by atomic mass is 16.5. The number of methoxy groups -OCH3 is 1. The van der Waals surface area contributed by atoms with Crippen LogP contribution in [0.4, 0.5) is 0 Å². The van der Waals surface area contributed by atoms with Crippen molar-refractivity contribution in [2.75, 3.05) is 27.4 Å². The Morgan fingerprint density at radius 1 is 1.27 bits per heavy atom. The number of hydrogen-bond acceptors (Lipinski definition) is 3. The maximum absolute atomic E-state index is 10.3. The van der Waals surface area contributed by atoms with Crippen LogP contribution in [0.5, 0.6) is 0 Å². The summed E-state index contributed by atoms with van der Waals surface area (Å²) < 4.78 is 7.44. The summed E-state index contributed by atoms with van der Waals surface area (Å²) in [6.45, 7) is 11.7. The molecule has 0 aliphatic carbocycles. The lowest BCUT2D eigenvalue weighted by molar-refractivity contribution is -0.484. The molecular weight excluding hydrogens is 372 g/mol. The van der Waals surface area contributed by atoms with Crippen LogP contribution in [0.25, 0.3) is 10.8 Å². The average Bonchev–Trinajstić information content (AvgIpc) is 2.71. The summed E-state index contributed by atoms with van der Waals surface area (Å²) in [7, 11) is 3.46. The molecule has 0 bridgehead atoms. The van der Waals surface area contributed by atoms with Gasteiger partial charge in [-0.25, -0.2) is 4.58 Å². The highest BCUT2D eigenvalue weighted by Crippen LogP contribution is 2.45. The topological polar surface area (TPSA) is 44.8 Å². The summed E-state index contributed by atoms with van der Waals surface area (Å²) in [6.07, 6.45) is 6.04. The number of aliphatic hydroxyl groups excluding tert-OH is 1. The van der Waals surface area contributed by atoms with Crippen molar-refractivity contribution in [3.8, 4) is 0 Å². The summed E-state index contributed by atoms with van der Waals surface area (Å²) in [4.78, 5) is 4.32. The van der Waals surface area contributed by atoms with Crippen LogP contribution in [0.3, 0.4) is 0 Å². The lowest BCUT2D eigenvalue weighted by Gasteiger charge is -2.41. The van der Waals surface area contributed by atoms with E-state index in [-0.39, 0.29) is 17.9 Å². The van der Waals surface area contributed by atoms with Gasteiger partial charge in [-0.3, -0.25) is 0 Å². The van der Waals surface area contributed by atoms with E-state index >= 15 is 0 Å². The molecule has 30 heavy (non-hydrogen) atoms. The quantitative estimate of drug-likeness (QED) is 0.339. The summed E-state index contributed by atoms with van der Waals surface area (Å²) in [5, 5.41) is 12.9. The van der Waals surface area contributed by atoms with Gasteiger partial charge in [0.2, 0.25) is 0 Å². The first-order chi connectivity index (χ1) is 14.2. The normalized spacial score (nSPS) is 22.5. The molecule has 160 valence electrons. The Bertz CT molecular complexity index is 1030. The number of rotatable bonds is 5. The number of benzene rings is 2. The largest absolute Gasteiger partial charge is 0.392 e. The van der Waals surface area contributed by atoms with Gasteiger partial charge in [-0.05, 0) is 40.3 Å². The summed E-state index contributed by atoms with van der Waals surface area (Å²) >= 11 is 0. The highest BCUT2D eigenvalue weighted by molar-refractivity contribution is 5.98. The first-order valence-corrected chi connectivity index (χ1v) is 10.6. The Labute approximate surface area is 180 Å². The molecule has 0 spiro atoms. The molecule has 0 fully saturated rings. The van der Waals surface area contributed by atoms with E-state index < -0.39 is 5.54 Å². The van der Waals surface area contributed by atoms with Gasteiger partial charge in [-0.1, -0.05) is 63.0 Å². The minimum absolute atomic E-state index is 0.0283. The Morgan fingerprint density at radius 3 is 2.50 bits per heavy atom. The van der Waals surface area contributed by atoms with E-state index in [1.807, 2.05) is 12.4 Å². The first-order valence-electron chi connectivity index (χ1n) is 10.6. The molecule has 4 heteroatoms. The van der Waals surface area contributed by atoms with Crippen molar-refractivity contribution in [3.63, 3.8) is 0 Å². The molecule has 0 aromatic heterocycles. The molecule has 0 amide bonds. The SMILES string of the molecule is CN=C[N+]1=Cc2cc(C(C)(C)C)c3ccccc3c2C(C)C1(C)/C(=C/COC)CO. The standard InChI is InChI=1S/C26H35N2O2/c1-18-24-19(14-23(25(2,3)4)21-10-8-9-11-22(21)24)15-28(17-27-6)26(18,5)20(16-29)12-13-30-7/h8-12,14-15,17-18,29H,13,16H2,1-7H3/q+1/b20-12+,27-17?. The number of aliphatic hydroxyl groups is 1. The molecule has 1 aliphatic rings. The predicted molar refractivity (Wildman–Crippen MR) is 126 cm³/mol. The molecule has 2 aromatic rings. The number of fused-ring (bicyclic) bond motifs is 3. The van der Waals surface area contributed by atoms with Crippen LogP contribution in [-0.2, 0) is 10.2 Å². The van der Waals surface area contributed by atoms with Gasteiger partial charge < -0.3 is 9.84 Å². The Balaban J connectivity index is 2.39. The van der Waals surface area contributed by atoms with Crippen LogP contribution >= 0.6 is 0 Å². The first kappa shape index (κ1) is 22.4. The molecule has 0 saturated carbocycles. The third-order valence-electron chi connectivity index (χ3n) is 6.57. The van der Waals surface area contributed by atoms with E-state index in [1.165, 1.54) is 27.5 Å². The fraction of sp³-hybridized carbons (Fsp3) is 0.462. The number of ether oxygens (including phenoxy) is 1. The second kappa shape index (κ2) is 8.44. The fourth-order valence-corrected chi connectivity index (χ4v) is 4.76. The third-order valence-corrected chi connectivity index (χ3v) is 6.57. The van der Waals surface area contributed by atoms with E-state index in [1.54, 1.807) is 14.2 Å². The van der Waals surface area contributed by atoms with Gasteiger partial charge in [0.15, 0.2) is 0 Å². The van der Waals surface area contributed by atoms with E-state index in [2.05, 4.69) is 80.7 Å². The van der Waals surface area contributed by atoms with Gasteiger partial charge in [0.1, 0.15) is 12.6 Å². The van der Waals surface area contributed by atoms with E-state index in [9.17, 15) is 5.11 Å². The zero-order valence-corrected chi connectivity index (χ0v) is 19.4. The van der Waals surface area contributed by atoms with Gasteiger partial charge in [0.25, 0.3) is 6.34 Å². The minimum atomic E-state index is -0.453. The average molecular weight is 408 g/mol. The lowest BCUT2D eigenvalue weighted by atomic mass is 9.70. The molecule has 0 saturated heterocycles. The van der Waals surface area contributed by atoms with Gasteiger partial charge in [-0.2, -0.15) is 0 Å². The number of hydrogen-bond donors (Lipinski definition) is 1. The third kappa shape index (κ3) is 3.63. The second-order valence-electron chi connectivity index (χ2n) is 9.34. The number of nitrogens with zero attached hydrogens (tertiary/aromatic N) is 2. The summed E-state index contributed by atoms with van der Waals surface area (Å²) in [5.74, 6) is 0.129. The zero-order valence-electron chi connectivity index (χ0n) is 19.4. The monoisotopic (exact) mass is 407 g/mol. The molecule has 1 aliphatic heterocycles. The van der Waals surface area contributed by atoms with Crippen molar-refractivity contribution in [3.05, 3.63) is 58.7 Å². The summed E-state index contributed by atoms with van der Waals surface area (Å²) in [5.41, 5.74) is 4.39. The van der Waals surface area contributed by atoms with Crippen molar-refractivity contribution in [1.82, 2.24) is 0 Å². The van der Waals surface area contributed by atoms with Crippen LogP contribution in [0.1, 0.15) is 57.2 Å². The molecule has 0 radical (unpaired) electrons. The lowest BCUT2D eigenvalue weighted by Crippen LogP contribution is -2.49. The Hall–Kier alpha value is -2.30. The van der Waals surface area contributed by atoms with Crippen LogP contribution in [-0.4, -0.2) is 55.1 Å². The van der Waals surface area contributed by atoms with E-state index in [0.29, 0.717) is 6.61 Å². The van der Waals surface area contributed by atoms with Crippen LogP contribution in [0.15, 0.2) is 47.0 Å². The van der Waals surface area contributed by atoms with Gasteiger partial charge in [0, 0.05) is 24.2 Å². The molecular formula is C26H35N2O2+. The van der Waals surface area contributed by atoms with Crippen molar-refractivity contribution in [2.45, 2.75) is 51.5 Å². The van der Waals surface area contributed by atoms with E-state index in [4.69, 9.17) is 4.74 Å². The van der Waals surface area contributed by atoms with Crippen molar-refractivity contribution < 1.29 is 14.4 Å². The van der Waals surface area contributed by atoms with Crippen LogP contribution < -0.4 is 0 Å². The molecule has 1 N–H and O–H groups in total. The van der Waals surface area contributed by atoms with Crippen LogP contribution in [0.2, 0.25) is 0 Å². The fourth-order valence-electron chi connectivity index (χ4n) is 4.76. The molecule has 3 rings (SSSR count). The van der Waals surface area contributed by atoms with Crippen LogP contribution in [0, 0.1) is 0 Å². The molecule has 4 nitrogen and oxygen atoms in total. The predicted octanol–water partition coefficient (Wildman–Crippen LogP) is 4.67. The highest BCUT2D eigenvalue weighted by Gasteiger charge is 2.46. The van der Waals surface area contributed by atoms with Gasteiger partial charge in [-0.15, -0.1) is 0 Å². The maximum atomic E-state index is 10.3. The van der Waals surface area contributed by atoms with Crippen molar-refractivity contribution in [1.29, 1.82) is 0 Å².